The van der Waals surface area contributed by atoms with Gasteiger partial charge in [0.2, 0.25) is 0 Å². The minimum absolute atomic E-state index is 0.0456. The SMILES string of the molecule is NCCCCCOC1OC(C(=O)O)C(OC2OC(CO)C(OC3OC(CO)C(OC4OC(CO)C(O)C(O)C4O)C(O)C3O)C(O)C2O)C(O)C1O. The molecule has 23 nitrogen and oxygen atoms in total. The van der Waals surface area contributed by atoms with Gasteiger partial charge in [-0.1, -0.05) is 0 Å². The van der Waals surface area contributed by atoms with Crippen molar-refractivity contribution in [2.24, 2.45) is 5.73 Å². The van der Waals surface area contributed by atoms with E-state index < -0.39 is 149 Å². The van der Waals surface area contributed by atoms with Crippen LogP contribution in [-0.2, 0) is 42.7 Å². The van der Waals surface area contributed by atoms with Crippen molar-refractivity contribution in [3.05, 3.63) is 0 Å². The standard InChI is InChI=1S/C29H51NO22/c30-4-2-1-3-5-45-26-18(40)16(38)23(24(52-26)25(43)44)51-29-20(42)15(37)22(11(8-33)48-29)50-28-19(41)14(36)21(10(7-32)47-28)49-27-17(39)13(35)12(34)9(6-31)46-27/h9-24,26-29,31-42H,1-8,30H2,(H,43,44). The zero-order chi connectivity index (χ0) is 38.4. The van der Waals surface area contributed by atoms with Crippen molar-refractivity contribution in [2.75, 3.05) is 33.0 Å². The quantitative estimate of drug-likeness (QED) is 0.0649. The van der Waals surface area contributed by atoms with Crippen LogP contribution in [0.25, 0.3) is 0 Å². The largest absolute Gasteiger partial charge is 0.479 e. The van der Waals surface area contributed by atoms with Crippen LogP contribution in [0, 0.1) is 0 Å². The Labute approximate surface area is 296 Å². The van der Waals surface area contributed by atoms with Gasteiger partial charge in [0.1, 0.15) is 91.6 Å². The fourth-order valence-corrected chi connectivity index (χ4v) is 6.26. The highest BCUT2D eigenvalue weighted by Crippen LogP contribution is 2.34. The molecule has 0 bridgehead atoms. The molecule has 0 spiro atoms. The fourth-order valence-electron chi connectivity index (χ4n) is 6.26. The second kappa shape index (κ2) is 19.5. The number of hydrogen-bond acceptors (Lipinski definition) is 22. The highest BCUT2D eigenvalue weighted by molar-refractivity contribution is 5.73. The minimum atomic E-state index is -2.11. The number of unbranched alkanes of at least 4 members (excludes halogenated alkanes) is 2. The molecule has 4 aliphatic heterocycles. The summed E-state index contributed by atoms with van der Waals surface area (Å²) in [5.74, 6) is -1.65. The van der Waals surface area contributed by atoms with E-state index >= 15 is 0 Å². The summed E-state index contributed by atoms with van der Waals surface area (Å²) < 4.78 is 43.7. The third kappa shape index (κ3) is 9.52. The first-order valence-corrected chi connectivity index (χ1v) is 16.8. The first-order valence-electron chi connectivity index (χ1n) is 16.8. The predicted molar refractivity (Wildman–Crippen MR) is 161 cm³/mol. The Morgan fingerprint density at radius 3 is 1.38 bits per heavy atom. The molecule has 4 fully saturated rings. The van der Waals surface area contributed by atoms with E-state index in [9.17, 15) is 71.2 Å². The Morgan fingerprint density at radius 1 is 0.500 bits per heavy atom. The molecule has 4 rings (SSSR count). The lowest BCUT2D eigenvalue weighted by Crippen LogP contribution is -2.67. The van der Waals surface area contributed by atoms with E-state index in [1.54, 1.807) is 0 Å². The number of aliphatic hydroxyl groups excluding tert-OH is 12. The molecule has 4 heterocycles. The van der Waals surface area contributed by atoms with Crippen molar-refractivity contribution in [3.8, 4) is 0 Å². The van der Waals surface area contributed by atoms with E-state index in [1.165, 1.54) is 0 Å². The second-order valence-corrected chi connectivity index (χ2v) is 12.9. The molecule has 0 aromatic rings. The number of ether oxygens (including phenoxy) is 8. The first kappa shape index (κ1) is 43.4. The van der Waals surface area contributed by atoms with Gasteiger partial charge in [0.15, 0.2) is 31.3 Å². The van der Waals surface area contributed by atoms with Gasteiger partial charge in [-0.05, 0) is 25.8 Å². The van der Waals surface area contributed by atoms with Gasteiger partial charge in [-0.2, -0.15) is 0 Å². The van der Waals surface area contributed by atoms with Gasteiger partial charge in [-0.25, -0.2) is 4.79 Å². The number of rotatable bonds is 16. The Balaban J connectivity index is 1.41. The van der Waals surface area contributed by atoms with Crippen LogP contribution in [0.1, 0.15) is 19.3 Å². The van der Waals surface area contributed by atoms with Crippen LogP contribution in [0.4, 0.5) is 0 Å². The van der Waals surface area contributed by atoms with E-state index in [2.05, 4.69) is 0 Å². The highest BCUT2D eigenvalue weighted by Gasteiger charge is 2.56. The Bertz CT molecular complexity index is 1090. The van der Waals surface area contributed by atoms with Crippen molar-refractivity contribution in [1.82, 2.24) is 0 Å². The Hall–Kier alpha value is -1.37. The summed E-state index contributed by atoms with van der Waals surface area (Å²) in [7, 11) is 0. The minimum Gasteiger partial charge on any atom is -0.479 e. The van der Waals surface area contributed by atoms with Crippen molar-refractivity contribution >= 4 is 5.97 Å². The van der Waals surface area contributed by atoms with Crippen LogP contribution in [0.5, 0.6) is 0 Å². The second-order valence-electron chi connectivity index (χ2n) is 12.9. The maximum Gasteiger partial charge on any atom is 0.335 e. The third-order valence-electron chi connectivity index (χ3n) is 9.28. The van der Waals surface area contributed by atoms with Crippen LogP contribution in [0.2, 0.25) is 0 Å². The van der Waals surface area contributed by atoms with E-state index in [4.69, 9.17) is 43.6 Å². The van der Waals surface area contributed by atoms with Crippen LogP contribution >= 0.6 is 0 Å². The number of nitrogens with two attached hydrogens (primary N) is 1. The fraction of sp³-hybridized carbons (Fsp3) is 0.966. The van der Waals surface area contributed by atoms with Crippen LogP contribution < -0.4 is 5.73 Å². The van der Waals surface area contributed by atoms with Gasteiger partial charge in [-0.3, -0.25) is 0 Å². The third-order valence-corrected chi connectivity index (χ3v) is 9.28. The van der Waals surface area contributed by atoms with Crippen molar-refractivity contribution in [2.45, 2.75) is 142 Å². The monoisotopic (exact) mass is 765 g/mol. The van der Waals surface area contributed by atoms with Crippen LogP contribution in [0.15, 0.2) is 0 Å². The number of aliphatic hydroxyl groups is 12. The molecule has 304 valence electrons. The lowest BCUT2D eigenvalue weighted by Gasteiger charge is -2.48. The van der Waals surface area contributed by atoms with E-state index in [-0.39, 0.29) is 6.61 Å². The molecule has 20 atom stereocenters. The van der Waals surface area contributed by atoms with E-state index in [0.717, 1.165) is 0 Å². The molecule has 4 saturated heterocycles. The predicted octanol–water partition coefficient (Wildman–Crippen LogP) is -8.50. The molecule has 20 unspecified atom stereocenters. The van der Waals surface area contributed by atoms with Gasteiger partial charge >= 0.3 is 5.97 Å². The van der Waals surface area contributed by atoms with Gasteiger partial charge in [0, 0.05) is 6.61 Å². The van der Waals surface area contributed by atoms with E-state index in [1.807, 2.05) is 0 Å². The molecule has 0 amide bonds. The number of aliphatic carboxylic acids is 1. The van der Waals surface area contributed by atoms with Crippen LogP contribution in [0.3, 0.4) is 0 Å². The molecule has 23 heteroatoms. The molecule has 0 aromatic carbocycles. The van der Waals surface area contributed by atoms with E-state index in [0.29, 0.717) is 25.8 Å². The molecule has 0 aliphatic carbocycles. The first-order chi connectivity index (χ1) is 24.7. The molecule has 0 radical (unpaired) electrons. The normalized spacial score (nSPS) is 47.3. The number of carboxylic acid groups (broad SMARTS) is 1. The molecular weight excluding hydrogens is 714 g/mol. The molecule has 15 N–H and O–H groups in total. The summed E-state index contributed by atoms with van der Waals surface area (Å²) in [6.07, 6.45) is -34.8. The topological polar surface area (TPSA) is 380 Å². The molecular formula is C29H51NO22. The maximum atomic E-state index is 12.1. The maximum absolute atomic E-state index is 12.1. The average molecular weight is 766 g/mol. The van der Waals surface area contributed by atoms with Crippen molar-refractivity contribution < 1.29 is 109 Å². The number of carbonyl (C=O) groups is 1. The van der Waals surface area contributed by atoms with Gasteiger partial charge in [-0.15, -0.1) is 0 Å². The average Bonchev–Trinajstić information content (AvgIpc) is 3.13. The molecule has 52 heavy (non-hydrogen) atoms. The summed E-state index contributed by atoms with van der Waals surface area (Å²) in [4.78, 5) is 12.1. The van der Waals surface area contributed by atoms with Crippen molar-refractivity contribution in [3.63, 3.8) is 0 Å². The molecule has 0 aromatic heterocycles. The summed E-state index contributed by atoms with van der Waals surface area (Å²) in [5.41, 5.74) is 5.44. The lowest BCUT2D eigenvalue weighted by atomic mass is 9.95. The van der Waals surface area contributed by atoms with Gasteiger partial charge in [0.25, 0.3) is 0 Å². The van der Waals surface area contributed by atoms with Gasteiger partial charge < -0.3 is 110 Å². The summed E-state index contributed by atoms with van der Waals surface area (Å²) in [6.45, 7) is -2.18. The lowest BCUT2D eigenvalue weighted by molar-refractivity contribution is -0.387. The van der Waals surface area contributed by atoms with Crippen molar-refractivity contribution in [1.29, 1.82) is 0 Å². The smallest absolute Gasteiger partial charge is 0.335 e. The summed E-state index contributed by atoms with van der Waals surface area (Å²) >= 11 is 0. The zero-order valence-electron chi connectivity index (χ0n) is 27.8. The number of carboxylic acids is 1. The Kier molecular flexibility index (Phi) is 16.2. The number of hydrogen-bond donors (Lipinski definition) is 14. The summed E-state index contributed by atoms with van der Waals surface area (Å²) in [6, 6.07) is 0. The summed E-state index contributed by atoms with van der Waals surface area (Å²) in [5, 5.41) is 135. The Morgan fingerprint density at radius 2 is 0.923 bits per heavy atom. The molecule has 4 aliphatic rings. The van der Waals surface area contributed by atoms with Gasteiger partial charge in [0.05, 0.1) is 19.8 Å². The van der Waals surface area contributed by atoms with Crippen LogP contribution in [-0.4, -0.2) is 228 Å². The highest BCUT2D eigenvalue weighted by atomic mass is 16.8. The molecule has 0 saturated carbocycles. The zero-order valence-corrected chi connectivity index (χ0v) is 27.8.